The van der Waals surface area contributed by atoms with E-state index in [9.17, 15) is 4.21 Å². The van der Waals surface area contributed by atoms with Gasteiger partial charge in [0.15, 0.2) is 0 Å². The van der Waals surface area contributed by atoms with Crippen LogP contribution in [0.15, 0.2) is 36.8 Å². The minimum atomic E-state index is -0.904. The van der Waals surface area contributed by atoms with Crippen LogP contribution < -0.4 is 15.4 Å². The Hall–Kier alpha value is -3.44. The number of hydrogen-bond acceptors (Lipinski definition) is 9. The van der Waals surface area contributed by atoms with Crippen molar-refractivity contribution >= 4 is 28.3 Å². The molecule has 2 aliphatic heterocycles. The van der Waals surface area contributed by atoms with E-state index in [-0.39, 0.29) is 17.2 Å². The van der Waals surface area contributed by atoms with E-state index >= 15 is 0 Å². The Labute approximate surface area is 226 Å². The van der Waals surface area contributed by atoms with Gasteiger partial charge in [0.2, 0.25) is 5.95 Å². The third-order valence-corrected chi connectivity index (χ3v) is 7.92. The van der Waals surface area contributed by atoms with E-state index in [0.29, 0.717) is 28.5 Å². The van der Waals surface area contributed by atoms with Gasteiger partial charge in [-0.25, -0.2) is 18.5 Å². The number of benzene rings is 1. The minimum Gasteiger partial charge on any atom is -0.486 e. The van der Waals surface area contributed by atoms with E-state index in [0.717, 1.165) is 43.0 Å². The summed E-state index contributed by atoms with van der Waals surface area (Å²) in [5.41, 5.74) is 11.1. The predicted molar refractivity (Wildman–Crippen MR) is 151 cm³/mol. The Morgan fingerprint density at radius 3 is 2.39 bits per heavy atom. The first kappa shape index (κ1) is 27.6. The van der Waals surface area contributed by atoms with Crippen LogP contribution in [0, 0.1) is 24.7 Å². The van der Waals surface area contributed by atoms with Gasteiger partial charge in [0, 0.05) is 72.6 Å². The van der Waals surface area contributed by atoms with E-state index in [2.05, 4.69) is 25.1 Å². The van der Waals surface area contributed by atoms with Crippen LogP contribution in [0.3, 0.4) is 0 Å². The summed E-state index contributed by atoms with van der Waals surface area (Å²) >= 11 is 0. The van der Waals surface area contributed by atoms with Crippen LogP contribution >= 0.6 is 0 Å². The Morgan fingerprint density at radius 1 is 1.13 bits per heavy atom. The van der Waals surface area contributed by atoms with Crippen molar-refractivity contribution in [2.24, 2.45) is 5.41 Å². The van der Waals surface area contributed by atoms with Crippen molar-refractivity contribution in [3.8, 4) is 5.75 Å². The molecule has 0 radical (unpaired) electrons. The summed E-state index contributed by atoms with van der Waals surface area (Å²) in [4.78, 5) is 11.1. The maximum Gasteiger partial charge on any atom is 0.225 e. The third kappa shape index (κ3) is 5.39. The molecule has 3 aromatic rings. The van der Waals surface area contributed by atoms with Gasteiger partial charge in [-0.1, -0.05) is 13.8 Å². The molecular weight excluding hydrogens is 500 g/mol. The molecule has 2 fully saturated rings. The van der Waals surface area contributed by atoms with Crippen molar-refractivity contribution in [2.45, 2.75) is 40.7 Å². The minimum absolute atomic E-state index is 0.204. The lowest BCUT2D eigenvalue weighted by atomic mass is 9.74. The fraction of sp³-hybridized carbons (Fsp3) is 0.444. The highest BCUT2D eigenvalue weighted by Gasteiger charge is 2.53. The largest absolute Gasteiger partial charge is 0.486 e. The Morgan fingerprint density at radius 2 is 1.79 bits per heavy atom. The maximum atomic E-state index is 11.6. The summed E-state index contributed by atoms with van der Waals surface area (Å²) in [6, 6.07) is 5.33. The number of aromatic nitrogens is 4. The van der Waals surface area contributed by atoms with Crippen LogP contribution in [-0.2, 0) is 11.0 Å². The maximum absolute atomic E-state index is 11.6. The summed E-state index contributed by atoms with van der Waals surface area (Å²) in [5, 5.41) is 16.9. The smallest absolute Gasteiger partial charge is 0.225 e. The highest BCUT2D eigenvalue weighted by atomic mass is 32.2. The fourth-order valence-corrected chi connectivity index (χ4v) is 5.98. The van der Waals surface area contributed by atoms with E-state index in [1.165, 1.54) is 0 Å². The second-order valence-electron chi connectivity index (χ2n) is 9.76. The van der Waals surface area contributed by atoms with Gasteiger partial charge in [0.1, 0.15) is 11.9 Å². The summed E-state index contributed by atoms with van der Waals surface area (Å²) in [7, 11) is -0.904. The zero-order valence-corrected chi connectivity index (χ0v) is 23.7. The van der Waals surface area contributed by atoms with Gasteiger partial charge in [0.05, 0.1) is 28.6 Å². The van der Waals surface area contributed by atoms with Crippen molar-refractivity contribution in [3.63, 3.8) is 0 Å². The van der Waals surface area contributed by atoms with Crippen molar-refractivity contribution in [1.82, 2.24) is 24.5 Å². The number of nitrogens with zero attached hydrogens (tertiary/aromatic N) is 6. The Bertz CT molecular complexity index is 1310. The van der Waals surface area contributed by atoms with Gasteiger partial charge in [0.25, 0.3) is 0 Å². The number of anilines is 2. The van der Waals surface area contributed by atoms with E-state index < -0.39 is 11.0 Å². The summed E-state index contributed by atoms with van der Waals surface area (Å²) in [6.07, 6.45) is 6.53. The van der Waals surface area contributed by atoms with Gasteiger partial charge in [-0.3, -0.25) is 5.41 Å². The average molecular weight is 537 g/mol. The first-order valence-electron chi connectivity index (χ1n) is 12.8. The summed E-state index contributed by atoms with van der Waals surface area (Å²) in [6.45, 7) is 13.3. The van der Waals surface area contributed by atoms with Crippen LogP contribution in [0.4, 0.5) is 11.6 Å². The molecule has 1 spiro atoms. The molecule has 2 unspecified atom stereocenters. The van der Waals surface area contributed by atoms with Gasteiger partial charge in [-0.15, -0.1) is 0 Å². The van der Waals surface area contributed by atoms with Crippen molar-refractivity contribution in [3.05, 3.63) is 64.7 Å². The van der Waals surface area contributed by atoms with Crippen LogP contribution in [0.2, 0.25) is 0 Å². The van der Waals surface area contributed by atoms with E-state index in [1.807, 2.05) is 38.9 Å². The number of hydrogen-bond donors (Lipinski definition) is 2. The molecule has 0 saturated carbocycles. The molecule has 2 aliphatic rings. The standard InChI is InChI=1S/C25H30N8O2S.C2H6/c1-15-8-30-31-16(2)22(15)17(3)35-19-5-6-21(26)20(7-19)23(27)18-9-28-24(29-10-18)32-11-25(12-32)13-33(14-25)36(4)34;1-2/h5-10,17,27H,11-14,26H2,1-4H3;1-2H3. The first-order chi connectivity index (χ1) is 18.2. The molecule has 10 nitrogen and oxygen atoms in total. The molecule has 4 heterocycles. The lowest BCUT2D eigenvalue weighted by molar-refractivity contribution is 0.0428. The van der Waals surface area contributed by atoms with Crippen molar-refractivity contribution in [2.75, 3.05) is 43.1 Å². The Balaban J connectivity index is 0.00000164. The quantitative estimate of drug-likeness (QED) is 0.346. The summed E-state index contributed by atoms with van der Waals surface area (Å²) in [5.74, 6) is 1.25. The molecule has 5 rings (SSSR count). The van der Waals surface area contributed by atoms with Crippen LogP contribution in [0.1, 0.15) is 54.8 Å². The second-order valence-corrected chi connectivity index (χ2v) is 11.1. The third-order valence-electron chi connectivity index (χ3n) is 6.94. The fourth-order valence-electron chi connectivity index (χ4n) is 5.07. The number of nitrogen functional groups attached to an aromatic ring is 1. The molecule has 2 atom stereocenters. The predicted octanol–water partition coefficient (Wildman–Crippen LogP) is 3.46. The molecule has 202 valence electrons. The van der Waals surface area contributed by atoms with Gasteiger partial charge in [-0.05, 0) is 44.5 Å². The SMILES string of the molecule is CC.Cc1cnnc(C)c1C(C)Oc1ccc(N)c(C(=N)c2cnc(N3CC4(C3)CN(S(C)=O)C4)nc2)c1. The lowest BCUT2D eigenvalue weighted by Crippen LogP contribution is -2.72. The number of nitrogens with one attached hydrogen (secondary N) is 1. The van der Waals surface area contributed by atoms with E-state index in [1.54, 1.807) is 43.0 Å². The Kier molecular flexibility index (Phi) is 8.08. The molecular formula is C27H36N8O2S. The van der Waals surface area contributed by atoms with Gasteiger partial charge >= 0.3 is 0 Å². The van der Waals surface area contributed by atoms with Crippen LogP contribution in [-0.4, -0.2) is 66.8 Å². The highest BCUT2D eigenvalue weighted by molar-refractivity contribution is 7.81. The average Bonchev–Trinajstić information content (AvgIpc) is 2.84. The molecule has 11 heteroatoms. The number of rotatable bonds is 7. The molecule has 3 N–H and O–H groups in total. The number of ether oxygens (including phenoxy) is 1. The van der Waals surface area contributed by atoms with E-state index in [4.69, 9.17) is 15.9 Å². The molecule has 2 aromatic heterocycles. The highest BCUT2D eigenvalue weighted by Crippen LogP contribution is 2.41. The van der Waals surface area contributed by atoms with Crippen LogP contribution in [0.25, 0.3) is 0 Å². The molecule has 1 aromatic carbocycles. The van der Waals surface area contributed by atoms with Crippen molar-refractivity contribution in [1.29, 1.82) is 5.41 Å². The topological polar surface area (TPSA) is 134 Å². The molecule has 2 saturated heterocycles. The molecule has 0 amide bonds. The van der Waals surface area contributed by atoms with Crippen LogP contribution in [0.5, 0.6) is 5.75 Å². The monoisotopic (exact) mass is 536 g/mol. The molecule has 0 aliphatic carbocycles. The first-order valence-corrected chi connectivity index (χ1v) is 14.3. The zero-order chi connectivity index (χ0) is 27.6. The number of aryl methyl sites for hydroxylation is 2. The number of nitrogens with two attached hydrogens (primary N) is 1. The summed E-state index contributed by atoms with van der Waals surface area (Å²) < 4.78 is 19.7. The zero-order valence-electron chi connectivity index (χ0n) is 22.9. The van der Waals surface area contributed by atoms with Gasteiger partial charge < -0.3 is 15.4 Å². The molecule has 0 bridgehead atoms. The second kappa shape index (κ2) is 11.1. The normalized spacial score (nSPS) is 17.5. The van der Waals surface area contributed by atoms with Crippen molar-refractivity contribution < 1.29 is 8.95 Å². The molecule has 38 heavy (non-hydrogen) atoms. The lowest BCUT2D eigenvalue weighted by Gasteiger charge is -2.59. The van der Waals surface area contributed by atoms with Gasteiger partial charge in [-0.2, -0.15) is 10.2 Å².